The van der Waals surface area contributed by atoms with Crippen molar-refractivity contribution in [1.82, 2.24) is 30.4 Å². The van der Waals surface area contributed by atoms with Crippen LogP contribution in [-0.4, -0.2) is 61.9 Å². The summed E-state index contributed by atoms with van der Waals surface area (Å²) in [6.07, 6.45) is 6.43. The second kappa shape index (κ2) is 6.68. The van der Waals surface area contributed by atoms with Gasteiger partial charge in [0.15, 0.2) is 5.69 Å². The second-order valence-electron chi connectivity index (χ2n) is 8.17. The summed E-state index contributed by atoms with van der Waals surface area (Å²) in [6.45, 7) is 1.00. The number of carbonyl (C=O) groups excluding carboxylic acids is 3. The third-order valence-corrected chi connectivity index (χ3v) is 6.05. The number of pyridine rings is 1. The van der Waals surface area contributed by atoms with Gasteiger partial charge in [-0.25, -0.2) is 4.98 Å². The normalized spacial score (nSPS) is 19.3. The highest BCUT2D eigenvalue weighted by Crippen LogP contribution is 2.54. The molecule has 1 atom stereocenters. The molecule has 2 fully saturated rings. The summed E-state index contributed by atoms with van der Waals surface area (Å²) in [4.78, 5) is 46.0. The lowest BCUT2D eigenvalue weighted by molar-refractivity contribution is 0.0719. The number of nitrogens with zero attached hydrogens (tertiary/aromatic N) is 3. The van der Waals surface area contributed by atoms with Crippen molar-refractivity contribution in [2.24, 2.45) is 11.1 Å². The lowest BCUT2D eigenvalue weighted by Crippen LogP contribution is -2.43. The number of aromatic nitrogens is 4. The first-order valence-electron chi connectivity index (χ1n) is 9.82. The molecular formula is C20H21N7O3. The molecule has 10 heteroatoms. The summed E-state index contributed by atoms with van der Waals surface area (Å²) >= 11 is 0. The Morgan fingerprint density at radius 2 is 2.13 bits per heavy atom. The molecular weight excluding hydrogens is 386 g/mol. The number of likely N-dealkylation sites (tertiary alicyclic amines) is 1. The Labute approximate surface area is 171 Å². The van der Waals surface area contributed by atoms with Crippen LogP contribution in [0.1, 0.15) is 50.6 Å². The molecule has 30 heavy (non-hydrogen) atoms. The summed E-state index contributed by atoms with van der Waals surface area (Å²) in [5, 5.41) is 9.96. The van der Waals surface area contributed by atoms with Gasteiger partial charge in [0.2, 0.25) is 0 Å². The summed E-state index contributed by atoms with van der Waals surface area (Å²) in [6, 6.07) is 4.93. The Balaban J connectivity index is 1.31. The molecule has 4 heterocycles. The van der Waals surface area contributed by atoms with Crippen molar-refractivity contribution in [2.45, 2.75) is 25.3 Å². The van der Waals surface area contributed by atoms with Crippen LogP contribution in [0.2, 0.25) is 0 Å². The van der Waals surface area contributed by atoms with E-state index in [-0.39, 0.29) is 28.8 Å². The van der Waals surface area contributed by atoms with Crippen LogP contribution >= 0.6 is 0 Å². The molecule has 10 nitrogen and oxygen atoms in total. The molecule has 154 valence electrons. The van der Waals surface area contributed by atoms with E-state index < -0.39 is 11.8 Å². The van der Waals surface area contributed by atoms with Crippen molar-refractivity contribution in [3.8, 4) is 0 Å². The quantitative estimate of drug-likeness (QED) is 0.494. The molecule has 5 rings (SSSR count). The Hall–Kier alpha value is -3.69. The first-order valence-corrected chi connectivity index (χ1v) is 9.82. The molecule has 1 saturated heterocycles. The fourth-order valence-corrected chi connectivity index (χ4v) is 4.22. The Morgan fingerprint density at radius 3 is 2.87 bits per heavy atom. The monoisotopic (exact) mass is 407 g/mol. The number of nitrogens with two attached hydrogens (primary N) is 1. The van der Waals surface area contributed by atoms with E-state index in [4.69, 9.17) is 5.73 Å². The van der Waals surface area contributed by atoms with Crippen LogP contribution < -0.4 is 11.1 Å². The summed E-state index contributed by atoms with van der Waals surface area (Å²) in [5.74, 6) is -1.18. The number of H-pyrrole nitrogens is 2. The zero-order valence-corrected chi connectivity index (χ0v) is 16.1. The van der Waals surface area contributed by atoms with Crippen LogP contribution in [0.3, 0.4) is 0 Å². The van der Waals surface area contributed by atoms with Gasteiger partial charge < -0.3 is 20.9 Å². The topological polar surface area (TPSA) is 150 Å². The summed E-state index contributed by atoms with van der Waals surface area (Å²) in [5.41, 5.74) is 6.77. The predicted molar refractivity (Wildman–Crippen MR) is 107 cm³/mol. The Kier molecular flexibility index (Phi) is 4.09. The van der Waals surface area contributed by atoms with Crippen molar-refractivity contribution >= 4 is 28.8 Å². The Morgan fingerprint density at radius 1 is 1.30 bits per heavy atom. The average Bonchev–Trinajstić information content (AvgIpc) is 3.13. The zero-order valence-electron chi connectivity index (χ0n) is 16.1. The number of hydrogen-bond donors (Lipinski definition) is 4. The van der Waals surface area contributed by atoms with Gasteiger partial charge in [-0.2, -0.15) is 5.10 Å². The fourth-order valence-electron chi connectivity index (χ4n) is 4.22. The van der Waals surface area contributed by atoms with Crippen LogP contribution in [0, 0.1) is 5.41 Å². The molecule has 3 amide bonds. The van der Waals surface area contributed by atoms with Gasteiger partial charge in [-0.1, -0.05) is 0 Å². The maximum absolute atomic E-state index is 13.2. The zero-order chi connectivity index (χ0) is 20.9. The number of hydrogen-bond acceptors (Lipinski definition) is 5. The van der Waals surface area contributed by atoms with Crippen LogP contribution in [0.4, 0.5) is 0 Å². The molecule has 0 bridgehead atoms. The van der Waals surface area contributed by atoms with Crippen molar-refractivity contribution in [2.75, 3.05) is 13.1 Å². The van der Waals surface area contributed by atoms with Gasteiger partial charge in [0.1, 0.15) is 11.3 Å². The number of rotatable bonds is 5. The molecule has 2 aliphatic rings. The number of nitrogens with one attached hydrogen (secondary N) is 3. The lowest BCUT2D eigenvalue weighted by atomic mass is 10.0. The largest absolute Gasteiger partial charge is 0.364 e. The van der Waals surface area contributed by atoms with Gasteiger partial charge in [0.05, 0.1) is 5.56 Å². The summed E-state index contributed by atoms with van der Waals surface area (Å²) in [7, 11) is 0. The number of aromatic amines is 2. The maximum Gasteiger partial charge on any atom is 0.269 e. The number of fused-ring (bicyclic) bond motifs is 1. The minimum atomic E-state index is -0.707. The van der Waals surface area contributed by atoms with E-state index in [1.807, 2.05) is 17.0 Å². The van der Waals surface area contributed by atoms with E-state index in [9.17, 15) is 14.4 Å². The van der Waals surface area contributed by atoms with E-state index in [2.05, 4.69) is 25.5 Å². The molecule has 3 aromatic rings. The van der Waals surface area contributed by atoms with E-state index in [0.717, 1.165) is 30.3 Å². The van der Waals surface area contributed by atoms with Crippen molar-refractivity contribution < 1.29 is 14.4 Å². The molecule has 5 N–H and O–H groups in total. The van der Waals surface area contributed by atoms with Crippen LogP contribution in [0.5, 0.6) is 0 Å². The molecule has 0 radical (unpaired) electrons. The van der Waals surface area contributed by atoms with Crippen molar-refractivity contribution in [1.29, 1.82) is 0 Å². The molecule has 1 aliphatic heterocycles. The van der Waals surface area contributed by atoms with Crippen LogP contribution in [-0.2, 0) is 0 Å². The first kappa shape index (κ1) is 18.3. The number of primary amides is 1. The second-order valence-corrected chi connectivity index (χ2v) is 8.17. The highest BCUT2D eigenvalue weighted by molar-refractivity contribution is 5.98. The third kappa shape index (κ3) is 3.19. The molecule has 1 saturated carbocycles. The SMILES string of the molecule is NC(=O)c1cc(C(=O)NCC2CC3(CC3)CN2C(=O)c2cnc3[nH]ccc3c2)[nH]n1. The third-order valence-electron chi connectivity index (χ3n) is 6.05. The van der Waals surface area contributed by atoms with Crippen molar-refractivity contribution in [3.05, 3.63) is 47.5 Å². The van der Waals surface area contributed by atoms with Crippen LogP contribution in [0.15, 0.2) is 30.6 Å². The number of carbonyl (C=O) groups is 3. The first-order chi connectivity index (χ1) is 14.4. The number of amides is 3. The van der Waals surface area contributed by atoms with Crippen LogP contribution in [0.25, 0.3) is 11.0 Å². The lowest BCUT2D eigenvalue weighted by Gasteiger charge is -2.25. The minimum absolute atomic E-state index is 0.00223. The van der Waals surface area contributed by atoms with Gasteiger partial charge in [-0.3, -0.25) is 19.5 Å². The van der Waals surface area contributed by atoms with Crippen molar-refractivity contribution in [3.63, 3.8) is 0 Å². The average molecular weight is 407 g/mol. The molecule has 3 aromatic heterocycles. The minimum Gasteiger partial charge on any atom is -0.364 e. The van der Waals surface area contributed by atoms with Gasteiger partial charge in [0.25, 0.3) is 17.7 Å². The maximum atomic E-state index is 13.2. The predicted octanol–water partition coefficient (Wildman–Crippen LogP) is 0.810. The molecule has 0 aromatic carbocycles. The van der Waals surface area contributed by atoms with Gasteiger partial charge >= 0.3 is 0 Å². The Bertz CT molecular complexity index is 1160. The molecule has 1 spiro atoms. The highest BCUT2D eigenvalue weighted by Gasteiger charge is 2.53. The summed E-state index contributed by atoms with van der Waals surface area (Å²) < 4.78 is 0. The van der Waals surface area contributed by atoms with E-state index in [1.165, 1.54) is 6.07 Å². The smallest absolute Gasteiger partial charge is 0.269 e. The van der Waals surface area contributed by atoms with Gasteiger partial charge in [0, 0.05) is 43.0 Å². The fraction of sp³-hybridized carbons (Fsp3) is 0.350. The molecule has 1 aliphatic carbocycles. The van der Waals surface area contributed by atoms with E-state index in [0.29, 0.717) is 18.7 Å². The standard InChI is InChI=1S/C20H21N7O3/c21-16(28)14-6-15(26-25-14)18(29)24-9-13-7-20(2-3-20)10-27(13)19(30)12-5-11-1-4-22-17(11)23-8-12/h1,4-6,8,13H,2-3,7,9-10H2,(H2,21,28)(H,22,23)(H,24,29)(H,25,26). The van der Waals surface area contributed by atoms with E-state index >= 15 is 0 Å². The van der Waals surface area contributed by atoms with Gasteiger partial charge in [-0.15, -0.1) is 0 Å². The highest BCUT2D eigenvalue weighted by atomic mass is 16.2. The van der Waals surface area contributed by atoms with E-state index in [1.54, 1.807) is 12.4 Å². The van der Waals surface area contributed by atoms with Gasteiger partial charge in [-0.05, 0) is 36.8 Å². The molecule has 1 unspecified atom stereocenters.